The number of likely N-dealkylation sites (N-methyl/N-ethyl adjacent to an activating group) is 1. The van der Waals surface area contributed by atoms with Crippen LogP contribution in [0.2, 0.25) is 5.02 Å². The van der Waals surface area contributed by atoms with E-state index >= 15 is 0 Å². The molecular weight excluding hydrogens is 304 g/mol. The molecule has 1 unspecified atom stereocenters. The van der Waals surface area contributed by atoms with Gasteiger partial charge in [0.15, 0.2) is 5.82 Å². The van der Waals surface area contributed by atoms with Crippen LogP contribution in [-0.2, 0) is 0 Å². The molecule has 0 bridgehead atoms. The topological polar surface area (TPSA) is 70.4 Å². The van der Waals surface area contributed by atoms with Gasteiger partial charge in [-0.1, -0.05) is 23.7 Å². The minimum Gasteiger partial charge on any atom is -0.394 e. The molecule has 0 saturated carbocycles. The number of aryl methyl sites for hydroxylation is 1. The van der Waals surface area contributed by atoms with Crippen molar-refractivity contribution in [2.24, 2.45) is 0 Å². The summed E-state index contributed by atoms with van der Waals surface area (Å²) < 4.78 is 1.63. The molecule has 2 amide bonds. The quantitative estimate of drug-likeness (QED) is 0.909. The van der Waals surface area contributed by atoms with Gasteiger partial charge in [-0.05, 0) is 26.0 Å². The summed E-state index contributed by atoms with van der Waals surface area (Å²) in [5.41, 5.74) is 1.56. The Bertz CT molecular complexity index is 671. The number of nitrogens with one attached hydrogen (secondary N) is 1. The van der Waals surface area contributed by atoms with Gasteiger partial charge in [0, 0.05) is 18.8 Å². The van der Waals surface area contributed by atoms with E-state index in [1.165, 1.54) is 4.90 Å². The lowest BCUT2D eigenvalue weighted by molar-refractivity contribution is 0.166. The van der Waals surface area contributed by atoms with E-state index in [4.69, 9.17) is 16.7 Å². The highest BCUT2D eigenvalue weighted by Gasteiger charge is 2.17. The molecule has 1 heterocycles. The highest BCUT2D eigenvalue weighted by molar-refractivity contribution is 6.32. The Morgan fingerprint density at radius 2 is 2.18 bits per heavy atom. The number of anilines is 1. The highest BCUT2D eigenvalue weighted by atomic mass is 35.5. The molecule has 1 atom stereocenters. The number of hydrogen-bond acceptors (Lipinski definition) is 3. The van der Waals surface area contributed by atoms with Crippen LogP contribution in [0.3, 0.4) is 0 Å². The summed E-state index contributed by atoms with van der Waals surface area (Å²) in [5, 5.41) is 16.8. The summed E-state index contributed by atoms with van der Waals surface area (Å²) in [6.45, 7) is 3.51. The molecule has 7 heteroatoms. The Kier molecular flexibility index (Phi) is 5.05. The number of para-hydroxylation sites is 1. The zero-order chi connectivity index (χ0) is 16.3. The molecule has 2 N–H and O–H groups in total. The molecule has 0 radical (unpaired) electrons. The van der Waals surface area contributed by atoms with Crippen molar-refractivity contribution in [3.8, 4) is 5.69 Å². The number of aromatic nitrogens is 2. The number of carbonyl (C=O) groups is 1. The summed E-state index contributed by atoms with van der Waals surface area (Å²) >= 11 is 6.15. The average Bonchev–Trinajstić information content (AvgIpc) is 2.86. The molecular formula is C15H19ClN4O2. The number of carbonyl (C=O) groups excluding carboxylic acids is 1. The first kappa shape index (κ1) is 16.3. The molecule has 22 heavy (non-hydrogen) atoms. The Hall–Kier alpha value is -2.05. The first-order chi connectivity index (χ1) is 10.4. The van der Waals surface area contributed by atoms with E-state index in [2.05, 4.69) is 10.4 Å². The van der Waals surface area contributed by atoms with Crippen LogP contribution in [0.25, 0.3) is 5.69 Å². The monoisotopic (exact) mass is 322 g/mol. The zero-order valence-electron chi connectivity index (χ0n) is 12.7. The second-order valence-corrected chi connectivity index (χ2v) is 5.54. The van der Waals surface area contributed by atoms with Crippen molar-refractivity contribution < 1.29 is 9.90 Å². The van der Waals surface area contributed by atoms with Gasteiger partial charge in [0.1, 0.15) is 0 Å². The van der Waals surface area contributed by atoms with Crippen LogP contribution in [0.15, 0.2) is 30.5 Å². The lowest BCUT2D eigenvalue weighted by Crippen LogP contribution is -2.40. The third kappa shape index (κ3) is 3.40. The predicted octanol–water partition coefficient (Wildman–Crippen LogP) is 2.68. The Labute approximate surface area is 134 Å². The maximum Gasteiger partial charge on any atom is 0.323 e. The third-order valence-corrected chi connectivity index (χ3v) is 3.79. The van der Waals surface area contributed by atoms with E-state index in [1.54, 1.807) is 30.9 Å². The maximum atomic E-state index is 12.1. The fourth-order valence-electron chi connectivity index (χ4n) is 1.86. The summed E-state index contributed by atoms with van der Waals surface area (Å²) in [4.78, 5) is 13.5. The summed E-state index contributed by atoms with van der Waals surface area (Å²) in [6.07, 6.45) is 1.80. The van der Waals surface area contributed by atoms with Gasteiger partial charge in [-0.2, -0.15) is 0 Å². The largest absolute Gasteiger partial charge is 0.394 e. The van der Waals surface area contributed by atoms with Crippen LogP contribution < -0.4 is 5.32 Å². The zero-order valence-corrected chi connectivity index (χ0v) is 13.5. The van der Waals surface area contributed by atoms with Crippen LogP contribution in [-0.4, -0.2) is 45.5 Å². The number of nitrogens with zero attached hydrogens (tertiary/aromatic N) is 3. The van der Waals surface area contributed by atoms with E-state index in [-0.39, 0.29) is 18.7 Å². The maximum absolute atomic E-state index is 12.1. The molecule has 2 aromatic rings. The number of rotatable bonds is 4. The number of hydrogen-bond donors (Lipinski definition) is 2. The summed E-state index contributed by atoms with van der Waals surface area (Å²) in [5.74, 6) is 0.460. The van der Waals surface area contributed by atoms with Crippen molar-refractivity contribution in [1.82, 2.24) is 14.7 Å². The SMILES string of the molecule is Cc1cn(-c2ccccc2Cl)nc1NC(=O)N(C)C(C)CO. The Morgan fingerprint density at radius 3 is 2.82 bits per heavy atom. The molecule has 1 aromatic carbocycles. The van der Waals surface area contributed by atoms with Crippen LogP contribution in [0.5, 0.6) is 0 Å². The minimum atomic E-state index is -0.325. The first-order valence-corrected chi connectivity index (χ1v) is 7.27. The predicted molar refractivity (Wildman–Crippen MR) is 86.6 cm³/mol. The molecule has 0 aliphatic heterocycles. The van der Waals surface area contributed by atoms with Gasteiger partial charge in [0.2, 0.25) is 0 Å². The van der Waals surface area contributed by atoms with E-state index < -0.39 is 0 Å². The number of amides is 2. The number of aliphatic hydroxyl groups is 1. The van der Waals surface area contributed by atoms with Gasteiger partial charge in [-0.15, -0.1) is 5.10 Å². The van der Waals surface area contributed by atoms with Crippen LogP contribution in [0.4, 0.5) is 10.6 Å². The molecule has 2 rings (SSSR count). The number of urea groups is 1. The van der Waals surface area contributed by atoms with Crippen LogP contribution in [0.1, 0.15) is 12.5 Å². The molecule has 0 fully saturated rings. The van der Waals surface area contributed by atoms with Crippen LogP contribution in [0, 0.1) is 6.92 Å². The summed E-state index contributed by atoms with van der Waals surface area (Å²) in [7, 11) is 1.62. The van der Waals surface area contributed by atoms with Crippen molar-refractivity contribution in [1.29, 1.82) is 0 Å². The van der Waals surface area contributed by atoms with Crippen LogP contribution >= 0.6 is 11.6 Å². The van der Waals surface area contributed by atoms with Gasteiger partial charge in [-0.3, -0.25) is 5.32 Å². The van der Waals surface area contributed by atoms with Crippen molar-refractivity contribution in [3.63, 3.8) is 0 Å². The molecule has 0 aliphatic rings. The number of aliphatic hydroxyl groups excluding tert-OH is 1. The van der Waals surface area contributed by atoms with Gasteiger partial charge in [0.05, 0.1) is 23.4 Å². The fourth-order valence-corrected chi connectivity index (χ4v) is 2.08. The molecule has 0 saturated heterocycles. The van der Waals surface area contributed by atoms with E-state index in [1.807, 2.05) is 25.1 Å². The molecule has 1 aromatic heterocycles. The molecule has 0 aliphatic carbocycles. The second-order valence-electron chi connectivity index (χ2n) is 5.13. The van der Waals surface area contributed by atoms with Gasteiger partial charge < -0.3 is 10.0 Å². The smallest absolute Gasteiger partial charge is 0.323 e. The van der Waals surface area contributed by atoms with E-state index in [9.17, 15) is 4.79 Å². The molecule has 0 spiro atoms. The van der Waals surface area contributed by atoms with Crippen molar-refractivity contribution in [2.45, 2.75) is 19.9 Å². The van der Waals surface area contributed by atoms with Crippen molar-refractivity contribution in [3.05, 3.63) is 41.0 Å². The van der Waals surface area contributed by atoms with Crippen molar-refractivity contribution in [2.75, 3.05) is 19.0 Å². The lowest BCUT2D eigenvalue weighted by atomic mass is 10.3. The molecule has 6 nitrogen and oxygen atoms in total. The summed E-state index contributed by atoms with van der Waals surface area (Å²) in [6, 6.07) is 6.74. The van der Waals surface area contributed by atoms with Gasteiger partial charge >= 0.3 is 6.03 Å². The minimum absolute atomic E-state index is 0.100. The lowest BCUT2D eigenvalue weighted by Gasteiger charge is -2.22. The fraction of sp³-hybridized carbons (Fsp3) is 0.333. The highest BCUT2D eigenvalue weighted by Crippen LogP contribution is 2.22. The Morgan fingerprint density at radius 1 is 1.50 bits per heavy atom. The number of benzene rings is 1. The van der Waals surface area contributed by atoms with E-state index in [0.29, 0.717) is 10.8 Å². The van der Waals surface area contributed by atoms with Crippen molar-refractivity contribution >= 4 is 23.4 Å². The average molecular weight is 323 g/mol. The van der Waals surface area contributed by atoms with E-state index in [0.717, 1.165) is 11.3 Å². The second kappa shape index (κ2) is 6.81. The first-order valence-electron chi connectivity index (χ1n) is 6.90. The Balaban J connectivity index is 2.21. The number of halogens is 1. The normalized spacial score (nSPS) is 12.0. The third-order valence-electron chi connectivity index (χ3n) is 3.47. The standard InChI is InChI=1S/C15H19ClN4O2/c1-10-8-20(13-7-5-4-6-12(13)16)18-14(10)17-15(22)19(3)11(2)9-21/h4-8,11,21H,9H2,1-3H3,(H,17,18,22). The van der Waals surface area contributed by atoms with Gasteiger partial charge in [0.25, 0.3) is 0 Å². The van der Waals surface area contributed by atoms with Gasteiger partial charge in [-0.25, -0.2) is 9.48 Å². The molecule has 118 valence electrons.